The van der Waals surface area contributed by atoms with Crippen molar-refractivity contribution in [1.29, 1.82) is 5.26 Å². The van der Waals surface area contributed by atoms with Gasteiger partial charge in [-0.05, 0) is 49.2 Å². The smallest absolute Gasteiger partial charge is 0.227 e. The second-order valence-electron chi connectivity index (χ2n) is 6.75. The minimum Gasteiger partial charge on any atom is -0.355 e. The first-order valence-electron chi connectivity index (χ1n) is 9.23. The Hall–Kier alpha value is -3.44. The molecule has 1 saturated heterocycles. The summed E-state index contributed by atoms with van der Waals surface area (Å²) in [5, 5.41) is 25.2. The number of nitrogens with one attached hydrogen (secondary N) is 1. The van der Waals surface area contributed by atoms with Crippen LogP contribution in [0.3, 0.4) is 0 Å². The van der Waals surface area contributed by atoms with Gasteiger partial charge in [-0.2, -0.15) is 10.4 Å². The number of aromatic nitrogens is 4. The quantitative estimate of drug-likeness (QED) is 0.713. The van der Waals surface area contributed by atoms with E-state index in [0.717, 1.165) is 5.82 Å². The maximum Gasteiger partial charge on any atom is 0.227 e. The molecular formula is C20H18ClN7O. The topological polar surface area (TPSA) is 99.7 Å². The number of piperidine rings is 1. The molecule has 0 bridgehead atoms. The first kappa shape index (κ1) is 18.9. The molecule has 1 N–H and O–H groups in total. The number of nitriles is 1. The molecule has 0 radical (unpaired) electrons. The van der Waals surface area contributed by atoms with Gasteiger partial charge in [-0.1, -0.05) is 11.6 Å². The Labute approximate surface area is 172 Å². The third-order valence-corrected chi connectivity index (χ3v) is 5.16. The van der Waals surface area contributed by atoms with E-state index in [1.165, 1.54) is 0 Å². The SMILES string of the molecule is N#Cc1ccc(Cl)cc1NC(=O)C1CCN(c2ccc(-n3cccn3)nn2)CC1. The number of amides is 1. The molecule has 1 amide bonds. The third-order valence-electron chi connectivity index (χ3n) is 4.93. The van der Waals surface area contributed by atoms with Crippen LogP contribution in [-0.4, -0.2) is 39.0 Å². The van der Waals surface area contributed by atoms with E-state index in [-0.39, 0.29) is 11.8 Å². The fourth-order valence-corrected chi connectivity index (χ4v) is 3.51. The summed E-state index contributed by atoms with van der Waals surface area (Å²) in [5.41, 5.74) is 0.847. The Morgan fingerprint density at radius 1 is 1.17 bits per heavy atom. The lowest BCUT2D eigenvalue weighted by molar-refractivity contribution is -0.120. The fraction of sp³-hybridized carbons (Fsp3) is 0.250. The van der Waals surface area contributed by atoms with Crippen molar-refractivity contribution < 1.29 is 4.79 Å². The van der Waals surface area contributed by atoms with Gasteiger partial charge in [0.05, 0.1) is 11.3 Å². The second-order valence-corrected chi connectivity index (χ2v) is 7.19. The van der Waals surface area contributed by atoms with Crippen molar-refractivity contribution in [3.63, 3.8) is 0 Å². The zero-order valence-electron chi connectivity index (χ0n) is 15.5. The first-order valence-corrected chi connectivity index (χ1v) is 9.61. The summed E-state index contributed by atoms with van der Waals surface area (Å²) in [4.78, 5) is 14.8. The van der Waals surface area contributed by atoms with Crippen molar-refractivity contribution >= 4 is 29.0 Å². The molecule has 0 saturated carbocycles. The molecule has 9 heteroatoms. The number of rotatable bonds is 4. The minimum atomic E-state index is -0.131. The predicted molar refractivity (Wildman–Crippen MR) is 109 cm³/mol. The summed E-state index contributed by atoms with van der Waals surface area (Å²) in [7, 11) is 0. The van der Waals surface area contributed by atoms with Crippen molar-refractivity contribution in [1.82, 2.24) is 20.0 Å². The van der Waals surface area contributed by atoms with Crippen LogP contribution in [-0.2, 0) is 4.79 Å². The van der Waals surface area contributed by atoms with Crippen LogP contribution in [0.5, 0.6) is 0 Å². The van der Waals surface area contributed by atoms with Gasteiger partial charge < -0.3 is 10.2 Å². The van der Waals surface area contributed by atoms with Crippen LogP contribution >= 0.6 is 11.6 Å². The summed E-state index contributed by atoms with van der Waals surface area (Å²) in [6, 6.07) is 12.5. The van der Waals surface area contributed by atoms with Gasteiger partial charge in [-0.25, -0.2) is 4.68 Å². The van der Waals surface area contributed by atoms with Crippen LogP contribution in [0.15, 0.2) is 48.8 Å². The van der Waals surface area contributed by atoms with Gasteiger partial charge >= 0.3 is 0 Å². The average molecular weight is 408 g/mol. The van der Waals surface area contributed by atoms with E-state index in [9.17, 15) is 10.1 Å². The largest absolute Gasteiger partial charge is 0.355 e. The molecule has 1 aliphatic rings. The van der Waals surface area contributed by atoms with Crippen LogP contribution in [0.1, 0.15) is 18.4 Å². The molecular weight excluding hydrogens is 390 g/mol. The van der Waals surface area contributed by atoms with E-state index in [1.54, 1.807) is 29.1 Å². The van der Waals surface area contributed by atoms with E-state index < -0.39 is 0 Å². The molecule has 3 aromatic rings. The Kier molecular flexibility index (Phi) is 5.40. The van der Waals surface area contributed by atoms with Gasteiger partial charge in [0.1, 0.15) is 6.07 Å². The maximum absolute atomic E-state index is 12.6. The second kappa shape index (κ2) is 8.29. The normalized spacial score (nSPS) is 14.4. The number of anilines is 2. The lowest BCUT2D eigenvalue weighted by Crippen LogP contribution is -2.38. The maximum atomic E-state index is 12.6. The van der Waals surface area contributed by atoms with Crippen LogP contribution in [0, 0.1) is 17.2 Å². The Morgan fingerprint density at radius 3 is 2.59 bits per heavy atom. The lowest BCUT2D eigenvalue weighted by Gasteiger charge is -2.31. The van der Waals surface area contributed by atoms with Gasteiger partial charge in [-0.15, -0.1) is 10.2 Å². The van der Waals surface area contributed by atoms with Crippen LogP contribution < -0.4 is 10.2 Å². The molecule has 3 heterocycles. The average Bonchev–Trinajstić information content (AvgIpc) is 3.29. The van der Waals surface area contributed by atoms with E-state index in [2.05, 4.69) is 31.6 Å². The number of hydrogen-bond donors (Lipinski definition) is 1. The molecule has 1 aromatic carbocycles. The molecule has 1 aliphatic heterocycles. The summed E-state index contributed by atoms with van der Waals surface area (Å²) in [5.74, 6) is 1.21. The molecule has 4 rings (SSSR count). The molecule has 0 spiro atoms. The van der Waals surface area contributed by atoms with Crippen LogP contribution in [0.2, 0.25) is 5.02 Å². The highest BCUT2D eigenvalue weighted by molar-refractivity contribution is 6.31. The van der Waals surface area contributed by atoms with Gasteiger partial charge in [0.15, 0.2) is 11.6 Å². The molecule has 1 fully saturated rings. The van der Waals surface area contributed by atoms with Gasteiger partial charge in [-0.3, -0.25) is 4.79 Å². The Morgan fingerprint density at radius 2 is 1.93 bits per heavy atom. The molecule has 29 heavy (non-hydrogen) atoms. The highest BCUT2D eigenvalue weighted by Gasteiger charge is 2.26. The minimum absolute atomic E-state index is 0.0940. The van der Waals surface area contributed by atoms with E-state index in [4.69, 9.17) is 11.6 Å². The molecule has 0 aliphatic carbocycles. The van der Waals surface area contributed by atoms with Crippen molar-refractivity contribution in [2.24, 2.45) is 5.92 Å². The molecule has 0 atom stereocenters. The Balaban J connectivity index is 1.36. The van der Waals surface area contributed by atoms with Crippen molar-refractivity contribution in [2.45, 2.75) is 12.8 Å². The zero-order chi connectivity index (χ0) is 20.2. The standard InChI is InChI=1S/C20H18ClN7O/c21-16-3-2-15(13-22)17(12-16)24-20(29)14-6-10-27(11-7-14)18-4-5-19(26-25-18)28-9-1-8-23-28/h1-5,8-9,12,14H,6-7,10-11H2,(H,24,29). The third kappa shape index (κ3) is 4.20. The summed E-state index contributed by atoms with van der Waals surface area (Å²) in [6.07, 6.45) is 4.88. The number of halogens is 1. The molecule has 146 valence electrons. The lowest BCUT2D eigenvalue weighted by atomic mass is 9.95. The van der Waals surface area contributed by atoms with E-state index in [0.29, 0.717) is 48.0 Å². The highest BCUT2D eigenvalue weighted by Crippen LogP contribution is 2.25. The summed E-state index contributed by atoms with van der Waals surface area (Å²) < 4.78 is 1.65. The number of nitrogens with zero attached hydrogens (tertiary/aromatic N) is 6. The number of benzene rings is 1. The number of carbonyl (C=O) groups excluding carboxylic acids is 1. The van der Waals surface area contributed by atoms with Crippen molar-refractivity contribution in [3.05, 3.63) is 59.4 Å². The Bertz CT molecular complexity index is 1040. The van der Waals surface area contributed by atoms with E-state index >= 15 is 0 Å². The van der Waals surface area contributed by atoms with Crippen LogP contribution in [0.25, 0.3) is 5.82 Å². The number of hydrogen-bond acceptors (Lipinski definition) is 6. The fourth-order valence-electron chi connectivity index (χ4n) is 3.34. The molecule has 0 unspecified atom stereocenters. The zero-order valence-corrected chi connectivity index (χ0v) is 16.3. The molecule has 2 aromatic heterocycles. The van der Waals surface area contributed by atoms with Gasteiger partial charge in [0, 0.05) is 36.4 Å². The van der Waals surface area contributed by atoms with Crippen molar-refractivity contribution in [2.75, 3.05) is 23.3 Å². The number of carbonyl (C=O) groups is 1. The molecule has 8 nitrogen and oxygen atoms in total. The van der Waals surface area contributed by atoms with Crippen LogP contribution in [0.4, 0.5) is 11.5 Å². The van der Waals surface area contributed by atoms with Crippen molar-refractivity contribution in [3.8, 4) is 11.9 Å². The predicted octanol–water partition coefficient (Wildman–Crippen LogP) is 3.04. The first-order chi connectivity index (χ1) is 14.1. The summed E-state index contributed by atoms with van der Waals surface area (Å²) >= 11 is 5.99. The monoisotopic (exact) mass is 407 g/mol. The van der Waals surface area contributed by atoms with Gasteiger partial charge in [0.25, 0.3) is 0 Å². The highest BCUT2D eigenvalue weighted by atomic mass is 35.5. The summed E-state index contributed by atoms with van der Waals surface area (Å²) in [6.45, 7) is 1.41. The van der Waals surface area contributed by atoms with Gasteiger partial charge in [0.2, 0.25) is 5.91 Å². The van der Waals surface area contributed by atoms with E-state index in [1.807, 2.05) is 24.4 Å².